The number of rotatable bonds is 11. The van der Waals surface area contributed by atoms with Crippen molar-refractivity contribution in [3.05, 3.63) is 216 Å². The Morgan fingerprint density at radius 3 is 1.17 bits per heavy atom. The molecule has 0 aliphatic carbocycles. The molecule has 0 amide bonds. The van der Waals surface area contributed by atoms with Crippen LogP contribution in [-0.4, -0.2) is 78.0 Å². The molecule has 11 rings (SSSR count). The first-order valence-corrected chi connectivity index (χ1v) is 35.9. The summed E-state index contributed by atoms with van der Waals surface area (Å²) in [7, 11) is 7.95. The lowest BCUT2D eigenvalue weighted by Crippen LogP contribution is -2.03. The van der Waals surface area contributed by atoms with Crippen molar-refractivity contribution in [2.45, 2.75) is 221 Å². The molecule has 0 spiro atoms. The molecule has 8 heterocycles. The van der Waals surface area contributed by atoms with Crippen LogP contribution in [0.25, 0.3) is 17.1 Å². The Hall–Kier alpha value is -7.47. The van der Waals surface area contributed by atoms with E-state index in [1.54, 1.807) is 4.68 Å². The number of para-hydroxylation sites is 1. The van der Waals surface area contributed by atoms with Gasteiger partial charge in [0, 0.05) is 115 Å². The summed E-state index contributed by atoms with van der Waals surface area (Å²) in [5.41, 5.74) is 15.6. The Balaban J connectivity index is 0.000000240. The van der Waals surface area contributed by atoms with Crippen molar-refractivity contribution in [3.8, 4) is 17.1 Å². The number of aryl methyl sites for hydroxylation is 9. The number of hydrogen-bond acceptors (Lipinski definition) is 9. The Bertz CT molecular complexity index is 4020. The third kappa shape index (κ3) is 24.8. The van der Waals surface area contributed by atoms with Gasteiger partial charge >= 0.3 is 0 Å². The van der Waals surface area contributed by atoms with Gasteiger partial charge in [0.25, 0.3) is 0 Å². The minimum absolute atomic E-state index is 0.430. The third-order valence-electron chi connectivity index (χ3n) is 16.7. The smallest absolute Gasteiger partial charge is 0.153 e. The van der Waals surface area contributed by atoms with Gasteiger partial charge in [-0.3, -0.25) is 14.4 Å². The second-order valence-electron chi connectivity index (χ2n) is 27.6. The van der Waals surface area contributed by atoms with Gasteiger partial charge in [-0.1, -0.05) is 158 Å². The Labute approximate surface area is 606 Å². The zero-order valence-electron chi connectivity index (χ0n) is 64.5. The second-order valence-corrected chi connectivity index (χ2v) is 29.2. The summed E-state index contributed by atoms with van der Waals surface area (Å²) < 4.78 is 15.3. The molecule has 0 saturated carbocycles. The van der Waals surface area contributed by atoms with E-state index in [9.17, 15) is 0 Å². The maximum Gasteiger partial charge on any atom is 0.153 e. The number of aliphatic imine (C=N–C) groups is 1. The number of imidazole rings is 5. The minimum atomic E-state index is 0.430. The molecule has 19 heteroatoms. The van der Waals surface area contributed by atoms with Gasteiger partial charge in [-0.05, 0) is 186 Å². The molecule has 7 aromatic heterocycles. The lowest BCUT2D eigenvalue weighted by Gasteiger charge is -2.05. The van der Waals surface area contributed by atoms with E-state index in [1.165, 1.54) is 39.8 Å². The largest absolute Gasteiger partial charge is 0.335 e. The lowest BCUT2D eigenvalue weighted by molar-refractivity contribution is 0.697. The lowest BCUT2D eigenvalue weighted by atomic mass is 10.0. The van der Waals surface area contributed by atoms with Crippen LogP contribution in [0.4, 0.5) is 0 Å². The molecule has 0 unspecified atom stereocenters. The van der Waals surface area contributed by atoms with E-state index in [2.05, 4.69) is 259 Å². The molecule has 0 N–H and O–H groups in total. The Kier molecular flexibility index (Phi) is 32.8. The highest BCUT2D eigenvalue weighted by molar-refractivity contribution is 9.10. The average molecular weight is 1440 g/mol. The first-order chi connectivity index (χ1) is 45.8. The molecule has 98 heavy (non-hydrogen) atoms. The van der Waals surface area contributed by atoms with Gasteiger partial charge in [-0.15, -0.1) is 0 Å². The van der Waals surface area contributed by atoms with E-state index < -0.39 is 0 Å². The molecule has 0 bridgehead atoms. The van der Waals surface area contributed by atoms with Gasteiger partial charge in [0.05, 0.1) is 28.5 Å². The molecule has 532 valence electrons. The summed E-state index contributed by atoms with van der Waals surface area (Å²) in [5.74, 6) is 11.1. The minimum Gasteiger partial charge on any atom is -0.335 e. The van der Waals surface area contributed by atoms with Crippen molar-refractivity contribution in [2.75, 3.05) is 0 Å². The van der Waals surface area contributed by atoms with Crippen LogP contribution in [0.15, 0.2) is 131 Å². The quantitative estimate of drug-likeness (QED) is 0.124. The molecule has 16 nitrogen and oxygen atoms in total. The standard InChI is InChI=1S/2C13H15ClN2.C13H16N2.C9H15N.C8H13BrN2.2C8H14N2.C7H13N3/c1-9(2)13-8-16(10(3)15-13)12-6-4-11(14)5-7-12;1-9(2)13-8-16(10(3)15-13)12-6-4-5-11(14)7-12;1-10(2)13-9-15(11(3)14-13)12-7-5-4-6-8-12;1-6(2)9-5-7(3)8(4)10-9;1-5(2)7-8(9)11(4)6(3)10-7;1-6(2)8-5-9-7(3)10(8)4;1-6(2)8-5-7(3)10(4)9-8;1-5(2)7-8-6(3)10(4)9-7/h2*4-9H,1-3H3;4-10H,1-3H3;6H,5H2,1-4H3;5H,1-4H3;2*5-6H,1-4H3;5H,1-4H3. The summed E-state index contributed by atoms with van der Waals surface area (Å²) in [6.45, 7) is 52.8. The molecule has 0 saturated heterocycles. The highest BCUT2D eigenvalue weighted by Gasteiger charge is 2.16. The van der Waals surface area contributed by atoms with Crippen molar-refractivity contribution < 1.29 is 0 Å². The number of hydrogen-bond donors (Lipinski definition) is 0. The normalized spacial score (nSPS) is 11.8. The predicted octanol–water partition coefficient (Wildman–Crippen LogP) is 21.6. The third-order valence-corrected chi connectivity index (χ3v) is 18.1. The van der Waals surface area contributed by atoms with Crippen LogP contribution in [0.2, 0.25) is 10.0 Å². The molecular formula is C79H115BrCl2N16. The first-order valence-electron chi connectivity index (χ1n) is 34.4. The van der Waals surface area contributed by atoms with Crippen LogP contribution in [0.5, 0.6) is 0 Å². The van der Waals surface area contributed by atoms with Gasteiger partial charge in [0.15, 0.2) is 5.82 Å². The van der Waals surface area contributed by atoms with Crippen LogP contribution in [0.3, 0.4) is 0 Å². The van der Waals surface area contributed by atoms with Crippen LogP contribution < -0.4 is 0 Å². The summed E-state index contributed by atoms with van der Waals surface area (Å²) in [5, 5.41) is 10.0. The molecule has 0 radical (unpaired) electrons. The van der Waals surface area contributed by atoms with E-state index >= 15 is 0 Å². The number of allylic oxidation sites excluding steroid dienone is 2. The van der Waals surface area contributed by atoms with E-state index in [1.807, 2.05) is 140 Å². The van der Waals surface area contributed by atoms with Crippen LogP contribution in [-0.2, 0) is 28.2 Å². The van der Waals surface area contributed by atoms with Crippen LogP contribution >= 0.6 is 39.1 Å². The van der Waals surface area contributed by atoms with Gasteiger partial charge in [-0.25, -0.2) is 29.9 Å². The monoisotopic (exact) mass is 1440 g/mol. The fourth-order valence-electron chi connectivity index (χ4n) is 9.64. The molecule has 0 atom stereocenters. The van der Waals surface area contributed by atoms with Gasteiger partial charge in [-0.2, -0.15) is 10.2 Å². The van der Waals surface area contributed by atoms with Crippen molar-refractivity contribution in [1.29, 1.82) is 0 Å². The summed E-state index contributed by atoms with van der Waals surface area (Å²) in [6.07, 6.45) is 9.33. The number of halogens is 3. The van der Waals surface area contributed by atoms with E-state index in [4.69, 9.17) is 23.2 Å². The van der Waals surface area contributed by atoms with E-state index in [0.29, 0.717) is 47.3 Å². The highest BCUT2D eigenvalue weighted by atomic mass is 79.9. The summed E-state index contributed by atoms with van der Waals surface area (Å²) in [6, 6.07) is 28.0. The SMILES string of the molecule is CC1=C(C)N=C(C(C)C)C1.Cc1cc(C(C)C)nn1C.Cc1nc(C(C)C)c(Br)n1C.Cc1nc(C(C)C)cn1-c1ccc(Cl)cc1.Cc1nc(C(C)C)cn1-c1cccc(Cl)c1.Cc1nc(C(C)C)cn1-c1ccccc1.Cc1nc(C(C)C)nn1C.Cc1ncc(C(C)C)n1C. The number of benzene rings is 3. The fraction of sp³-hybridized carbons (Fsp3) is 0.481. The zero-order chi connectivity index (χ0) is 73.7. The first kappa shape index (κ1) is 83.0. The van der Waals surface area contributed by atoms with Crippen molar-refractivity contribution in [1.82, 2.24) is 72.3 Å². The van der Waals surface area contributed by atoms with Crippen molar-refractivity contribution in [2.24, 2.45) is 39.1 Å². The maximum atomic E-state index is 5.98. The maximum absolute atomic E-state index is 5.98. The van der Waals surface area contributed by atoms with Gasteiger partial charge in [0.1, 0.15) is 39.5 Å². The molecule has 1 aliphatic rings. The van der Waals surface area contributed by atoms with Crippen molar-refractivity contribution in [3.63, 3.8) is 0 Å². The van der Waals surface area contributed by atoms with E-state index in [-0.39, 0.29) is 0 Å². The van der Waals surface area contributed by atoms with Crippen LogP contribution in [0, 0.1) is 54.4 Å². The summed E-state index contributed by atoms with van der Waals surface area (Å²) >= 11 is 15.4. The Morgan fingerprint density at radius 2 is 0.888 bits per heavy atom. The second kappa shape index (κ2) is 38.8. The fourth-order valence-corrected chi connectivity index (χ4v) is 10.8. The van der Waals surface area contributed by atoms with Gasteiger partial charge in [0.2, 0.25) is 0 Å². The Morgan fingerprint density at radius 1 is 0.408 bits per heavy atom. The van der Waals surface area contributed by atoms with Crippen LogP contribution in [0.1, 0.15) is 253 Å². The molecule has 0 fully saturated rings. The predicted molar refractivity (Wildman–Crippen MR) is 416 cm³/mol. The zero-order valence-corrected chi connectivity index (χ0v) is 67.6. The van der Waals surface area contributed by atoms with Gasteiger partial charge < -0.3 is 22.8 Å². The van der Waals surface area contributed by atoms with Crippen molar-refractivity contribution >= 4 is 44.8 Å². The molecule has 1 aliphatic heterocycles. The molecule has 10 aromatic rings. The topological polar surface area (TPSA) is 150 Å². The molecule has 3 aromatic carbocycles. The highest BCUT2D eigenvalue weighted by Crippen LogP contribution is 2.26. The number of nitrogens with zero attached hydrogens (tertiary/aromatic N) is 16. The average Bonchev–Trinajstić information content (AvgIpc) is 1.69. The number of aromatic nitrogens is 15. The van der Waals surface area contributed by atoms with E-state index in [0.717, 1.165) is 96.0 Å². The summed E-state index contributed by atoms with van der Waals surface area (Å²) in [4.78, 5) is 31.0. The molecular weight excluding hydrogens is 1320 g/mol.